The van der Waals surface area contributed by atoms with E-state index in [9.17, 15) is 18.0 Å². The topological polar surface area (TPSA) is 109 Å². The molecule has 0 bridgehead atoms. The number of rotatable bonds is 6. The third-order valence-corrected chi connectivity index (χ3v) is 7.34. The number of morpholine rings is 1. The van der Waals surface area contributed by atoms with Crippen LogP contribution in [-0.2, 0) is 21.2 Å². The fraction of sp³-hybridized carbons (Fsp3) is 0.304. The number of aromatic nitrogens is 1. The number of hydrogen-bond acceptors (Lipinski definition) is 5. The number of benzene rings is 2. The van der Waals surface area contributed by atoms with E-state index in [4.69, 9.17) is 4.74 Å². The van der Waals surface area contributed by atoms with Crippen LogP contribution in [0.25, 0.3) is 10.9 Å². The van der Waals surface area contributed by atoms with E-state index in [2.05, 4.69) is 17.2 Å². The summed E-state index contributed by atoms with van der Waals surface area (Å²) >= 11 is 0. The molecule has 0 unspecified atom stereocenters. The molecule has 32 heavy (non-hydrogen) atoms. The summed E-state index contributed by atoms with van der Waals surface area (Å²) in [7, 11) is -3.61. The summed E-state index contributed by atoms with van der Waals surface area (Å²) < 4.78 is 32.0. The molecule has 0 aliphatic carbocycles. The molecule has 9 heteroatoms. The van der Waals surface area contributed by atoms with Crippen molar-refractivity contribution in [1.82, 2.24) is 9.29 Å². The zero-order valence-corrected chi connectivity index (χ0v) is 18.6. The number of nitrogens with zero attached hydrogens (tertiary/aromatic N) is 1. The standard InChI is InChI=1S/C23H25N3O5S/c1-2-3-17-14-22(27)25-21-15-18(6-9-20(17)21)24-23(28)16-4-7-19(8-5-16)32(29,30)26-10-12-31-13-11-26/h4-9,14-15H,2-3,10-13H2,1H3,(H,24,28)(H,25,27). The highest BCUT2D eigenvalue weighted by Crippen LogP contribution is 2.22. The molecule has 1 aromatic heterocycles. The molecule has 1 amide bonds. The Morgan fingerprint density at radius 1 is 1.09 bits per heavy atom. The first-order valence-electron chi connectivity index (χ1n) is 10.5. The Bertz CT molecular complexity index is 1290. The van der Waals surface area contributed by atoms with Gasteiger partial charge in [-0.15, -0.1) is 0 Å². The lowest BCUT2D eigenvalue weighted by Crippen LogP contribution is -2.40. The number of anilines is 1. The van der Waals surface area contributed by atoms with Crippen LogP contribution in [0, 0.1) is 0 Å². The van der Waals surface area contributed by atoms with Crippen LogP contribution in [0.2, 0.25) is 0 Å². The number of aryl methyl sites for hydroxylation is 1. The average molecular weight is 456 g/mol. The predicted molar refractivity (Wildman–Crippen MR) is 123 cm³/mol. The predicted octanol–water partition coefficient (Wildman–Crippen LogP) is 2.75. The second-order valence-electron chi connectivity index (χ2n) is 7.66. The van der Waals surface area contributed by atoms with Crippen LogP contribution in [0.5, 0.6) is 0 Å². The van der Waals surface area contributed by atoms with Gasteiger partial charge in [-0.25, -0.2) is 8.42 Å². The Morgan fingerprint density at radius 2 is 1.81 bits per heavy atom. The molecule has 0 radical (unpaired) electrons. The van der Waals surface area contributed by atoms with Crippen molar-refractivity contribution in [2.75, 3.05) is 31.6 Å². The lowest BCUT2D eigenvalue weighted by atomic mass is 10.0. The number of amides is 1. The molecular weight excluding hydrogens is 430 g/mol. The first kappa shape index (κ1) is 22.2. The summed E-state index contributed by atoms with van der Waals surface area (Å²) in [4.78, 5) is 27.6. The maximum atomic E-state index is 12.7. The van der Waals surface area contributed by atoms with Gasteiger partial charge in [-0.3, -0.25) is 9.59 Å². The molecule has 4 rings (SSSR count). The van der Waals surface area contributed by atoms with Crippen molar-refractivity contribution >= 4 is 32.5 Å². The summed E-state index contributed by atoms with van der Waals surface area (Å²) in [6.07, 6.45) is 1.72. The summed E-state index contributed by atoms with van der Waals surface area (Å²) in [5.74, 6) is -0.369. The molecule has 1 fully saturated rings. The van der Waals surface area contributed by atoms with E-state index in [1.165, 1.54) is 28.6 Å². The van der Waals surface area contributed by atoms with Crippen molar-refractivity contribution in [3.05, 3.63) is 70.0 Å². The minimum Gasteiger partial charge on any atom is -0.379 e. The van der Waals surface area contributed by atoms with E-state index in [-0.39, 0.29) is 16.4 Å². The van der Waals surface area contributed by atoms with Crippen molar-refractivity contribution in [1.29, 1.82) is 0 Å². The summed E-state index contributed by atoms with van der Waals surface area (Å²) in [6.45, 7) is 3.43. The molecule has 1 saturated heterocycles. The van der Waals surface area contributed by atoms with Gasteiger partial charge in [0.05, 0.1) is 23.6 Å². The zero-order chi connectivity index (χ0) is 22.7. The second-order valence-corrected chi connectivity index (χ2v) is 9.60. The molecule has 0 atom stereocenters. The van der Waals surface area contributed by atoms with Gasteiger partial charge < -0.3 is 15.0 Å². The number of H-pyrrole nitrogens is 1. The molecule has 2 N–H and O–H groups in total. The molecular formula is C23H25N3O5S. The quantitative estimate of drug-likeness (QED) is 0.594. The van der Waals surface area contributed by atoms with Gasteiger partial charge in [0.1, 0.15) is 0 Å². The maximum Gasteiger partial charge on any atom is 0.255 e. The first-order chi connectivity index (χ1) is 15.4. The third kappa shape index (κ3) is 4.59. The number of sulfonamides is 1. The Kier molecular flexibility index (Phi) is 6.40. The van der Waals surface area contributed by atoms with Crippen molar-refractivity contribution in [2.24, 2.45) is 0 Å². The smallest absolute Gasteiger partial charge is 0.255 e. The molecule has 0 spiro atoms. The monoisotopic (exact) mass is 455 g/mol. The SMILES string of the molecule is CCCc1cc(=O)[nH]c2cc(NC(=O)c3ccc(S(=O)(=O)N4CCOCC4)cc3)ccc12. The molecule has 0 saturated carbocycles. The molecule has 3 aromatic rings. The third-order valence-electron chi connectivity index (χ3n) is 5.43. The highest BCUT2D eigenvalue weighted by atomic mass is 32.2. The van der Waals surface area contributed by atoms with Crippen LogP contribution in [0.1, 0.15) is 29.3 Å². The van der Waals surface area contributed by atoms with Crippen molar-refractivity contribution in [2.45, 2.75) is 24.7 Å². The van der Waals surface area contributed by atoms with Crippen LogP contribution >= 0.6 is 0 Å². The Hall–Kier alpha value is -3.01. The number of ether oxygens (including phenoxy) is 1. The fourth-order valence-corrected chi connectivity index (χ4v) is 5.21. The minimum atomic E-state index is -3.61. The summed E-state index contributed by atoms with van der Waals surface area (Å²) in [5, 5.41) is 3.75. The molecule has 1 aliphatic rings. The van der Waals surface area contributed by atoms with Gasteiger partial charge in [-0.2, -0.15) is 4.31 Å². The van der Waals surface area contributed by atoms with Crippen LogP contribution in [0.15, 0.2) is 58.2 Å². The number of hydrogen-bond donors (Lipinski definition) is 2. The number of fused-ring (bicyclic) bond motifs is 1. The second kappa shape index (κ2) is 9.23. The number of pyridine rings is 1. The largest absolute Gasteiger partial charge is 0.379 e. The van der Waals surface area contributed by atoms with E-state index in [1.54, 1.807) is 18.2 Å². The Morgan fingerprint density at radius 3 is 2.50 bits per heavy atom. The van der Waals surface area contributed by atoms with Gasteiger partial charge in [0.15, 0.2) is 0 Å². The van der Waals surface area contributed by atoms with E-state index >= 15 is 0 Å². The number of carbonyl (C=O) groups is 1. The van der Waals surface area contributed by atoms with E-state index in [0.29, 0.717) is 43.1 Å². The lowest BCUT2D eigenvalue weighted by Gasteiger charge is -2.26. The van der Waals surface area contributed by atoms with Gasteiger partial charge in [0.25, 0.3) is 5.91 Å². The average Bonchev–Trinajstić information content (AvgIpc) is 2.79. The fourth-order valence-electron chi connectivity index (χ4n) is 3.80. The molecule has 1 aliphatic heterocycles. The molecule has 2 aromatic carbocycles. The minimum absolute atomic E-state index is 0.141. The highest BCUT2D eigenvalue weighted by Gasteiger charge is 2.26. The molecule has 168 valence electrons. The zero-order valence-electron chi connectivity index (χ0n) is 17.8. The van der Waals surface area contributed by atoms with Crippen LogP contribution < -0.4 is 10.9 Å². The lowest BCUT2D eigenvalue weighted by molar-refractivity contribution is 0.0730. The normalized spacial score (nSPS) is 15.0. The Labute approximate surface area is 186 Å². The molecule has 8 nitrogen and oxygen atoms in total. The Balaban J connectivity index is 1.52. The highest BCUT2D eigenvalue weighted by molar-refractivity contribution is 7.89. The van der Waals surface area contributed by atoms with Gasteiger partial charge in [-0.1, -0.05) is 19.4 Å². The molecule has 2 heterocycles. The van der Waals surface area contributed by atoms with E-state index in [1.807, 2.05) is 6.07 Å². The van der Waals surface area contributed by atoms with Crippen LogP contribution in [0.4, 0.5) is 5.69 Å². The number of carbonyl (C=O) groups excluding carboxylic acids is 1. The van der Waals surface area contributed by atoms with Gasteiger partial charge in [0.2, 0.25) is 15.6 Å². The van der Waals surface area contributed by atoms with E-state index in [0.717, 1.165) is 23.8 Å². The first-order valence-corrected chi connectivity index (χ1v) is 12.0. The van der Waals surface area contributed by atoms with Crippen molar-refractivity contribution < 1.29 is 17.9 Å². The summed E-state index contributed by atoms with van der Waals surface area (Å²) in [5.41, 5.74) is 2.32. The number of aromatic amines is 1. The van der Waals surface area contributed by atoms with Gasteiger partial charge in [-0.05, 0) is 48.4 Å². The van der Waals surface area contributed by atoms with Crippen LogP contribution in [-0.4, -0.2) is 49.9 Å². The summed E-state index contributed by atoms with van der Waals surface area (Å²) in [6, 6.07) is 12.9. The van der Waals surface area contributed by atoms with E-state index < -0.39 is 10.0 Å². The van der Waals surface area contributed by atoms with Gasteiger partial charge >= 0.3 is 0 Å². The maximum absolute atomic E-state index is 12.7. The number of nitrogens with one attached hydrogen (secondary N) is 2. The van der Waals surface area contributed by atoms with Crippen molar-refractivity contribution in [3.63, 3.8) is 0 Å². The van der Waals surface area contributed by atoms with Crippen LogP contribution in [0.3, 0.4) is 0 Å². The van der Waals surface area contributed by atoms with Crippen molar-refractivity contribution in [3.8, 4) is 0 Å². The van der Waals surface area contributed by atoms with Gasteiger partial charge in [0, 0.05) is 35.8 Å².